The molecule has 2 heterocycles. The molecule has 3 aromatic rings. The Labute approximate surface area is 130 Å². The van der Waals surface area contributed by atoms with E-state index in [-0.39, 0.29) is 0 Å². The molecule has 0 aliphatic carbocycles. The maximum absolute atomic E-state index is 10.2. The van der Waals surface area contributed by atoms with Gasteiger partial charge < -0.3 is 5.11 Å². The second-order valence-corrected chi connectivity index (χ2v) is 6.46. The zero-order valence-corrected chi connectivity index (χ0v) is 12.8. The molecule has 0 aliphatic heterocycles. The Kier molecular flexibility index (Phi) is 4.64. The highest BCUT2D eigenvalue weighted by Crippen LogP contribution is 2.23. The molecule has 2 aromatic heterocycles. The summed E-state index contributed by atoms with van der Waals surface area (Å²) in [5.74, 6) is 0.523. The van der Waals surface area contributed by atoms with E-state index >= 15 is 0 Å². The number of thiophene rings is 1. The predicted molar refractivity (Wildman–Crippen MR) is 83.4 cm³/mol. The molecule has 0 aliphatic rings. The Hall–Kier alpha value is -1.70. The van der Waals surface area contributed by atoms with Crippen molar-refractivity contribution in [3.63, 3.8) is 0 Å². The second-order valence-electron chi connectivity index (χ2n) is 4.44. The number of benzene rings is 1. The molecule has 108 valence electrons. The third kappa shape index (κ3) is 3.69. The van der Waals surface area contributed by atoms with Gasteiger partial charge in [-0.05, 0) is 27.4 Å². The van der Waals surface area contributed by atoms with Gasteiger partial charge in [-0.15, -0.1) is 16.4 Å². The standard InChI is InChI=1S/C14H14N4OS2/c19-13(11-5-2-1-3-6-11)10-21-14-15-16-17-18(14)9-12-7-4-8-20-12/h1-8,13,19H,9-10H2. The molecule has 0 radical (unpaired) electrons. The Morgan fingerprint density at radius 3 is 2.81 bits per heavy atom. The molecule has 0 saturated carbocycles. The minimum absolute atomic E-state index is 0.523. The first kappa shape index (κ1) is 14.2. The number of nitrogens with zero attached hydrogens (tertiary/aromatic N) is 4. The van der Waals surface area contributed by atoms with Gasteiger partial charge in [0.25, 0.3) is 0 Å². The Morgan fingerprint density at radius 1 is 1.19 bits per heavy atom. The van der Waals surface area contributed by atoms with Crippen LogP contribution in [0.5, 0.6) is 0 Å². The van der Waals surface area contributed by atoms with Crippen LogP contribution >= 0.6 is 23.1 Å². The molecular weight excluding hydrogens is 304 g/mol. The van der Waals surface area contributed by atoms with Crippen LogP contribution in [0.4, 0.5) is 0 Å². The van der Waals surface area contributed by atoms with Crippen molar-refractivity contribution in [2.45, 2.75) is 17.8 Å². The van der Waals surface area contributed by atoms with E-state index in [1.807, 2.05) is 41.8 Å². The van der Waals surface area contributed by atoms with Gasteiger partial charge in [0, 0.05) is 10.6 Å². The fourth-order valence-corrected chi connectivity index (χ4v) is 3.40. The van der Waals surface area contributed by atoms with Crippen molar-refractivity contribution >= 4 is 23.1 Å². The molecular formula is C14H14N4OS2. The Bertz CT molecular complexity index is 669. The lowest BCUT2D eigenvalue weighted by atomic mass is 10.1. The monoisotopic (exact) mass is 318 g/mol. The third-order valence-corrected chi connectivity index (χ3v) is 4.83. The molecule has 0 bridgehead atoms. The van der Waals surface area contributed by atoms with Crippen LogP contribution in [0, 0.1) is 0 Å². The van der Waals surface area contributed by atoms with Crippen LogP contribution in [0.1, 0.15) is 16.5 Å². The fourth-order valence-electron chi connectivity index (χ4n) is 1.87. The highest BCUT2D eigenvalue weighted by Gasteiger charge is 2.12. The van der Waals surface area contributed by atoms with Crippen molar-refractivity contribution in [3.05, 3.63) is 58.3 Å². The van der Waals surface area contributed by atoms with Crippen molar-refractivity contribution in [1.29, 1.82) is 0 Å². The minimum atomic E-state index is -0.525. The first-order valence-corrected chi connectivity index (χ1v) is 8.34. The van der Waals surface area contributed by atoms with Crippen LogP contribution in [0.3, 0.4) is 0 Å². The van der Waals surface area contributed by atoms with Crippen LogP contribution in [0.15, 0.2) is 53.0 Å². The van der Waals surface area contributed by atoms with Gasteiger partial charge in [-0.3, -0.25) is 0 Å². The SMILES string of the molecule is OC(CSc1nnnn1Cc1cccs1)c1ccccc1. The van der Waals surface area contributed by atoms with E-state index in [9.17, 15) is 5.11 Å². The summed E-state index contributed by atoms with van der Waals surface area (Å²) in [6.45, 7) is 0.661. The number of aromatic nitrogens is 4. The number of rotatable bonds is 6. The molecule has 1 aromatic carbocycles. The molecule has 5 nitrogen and oxygen atoms in total. The summed E-state index contributed by atoms with van der Waals surface area (Å²) >= 11 is 3.14. The van der Waals surface area contributed by atoms with Crippen molar-refractivity contribution < 1.29 is 5.11 Å². The van der Waals surface area contributed by atoms with Crippen molar-refractivity contribution in [1.82, 2.24) is 20.2 Å². The summed E-state index contributed by atoms with van der Waals surface area (Å²) in [6, 6.07) is 13.7. The van der Waals surface area contributed by atoms with E-state index < -0.39 is 6.10 Å². The van der Waals surface area contributed by atoms with Crippen molar-refractivity contribution in [2.75, 3.05) is 5.75 Å². The van der Waals surface area contributed by atoms with Gasteiger partial charge in [-0.25, -0.2) is 4.68 Å². The predicted octanol–water partition coefficient (Wildman–Crippen LogP) is 2.61. The summed E-state index contributed by atoms with van der Waals surface area (Å²) in [4.78, 5) is 1.20. The minimum Gasteiger partial charge on any atom is -0.388 e. The smallest absolute Gasteiger partial charge is 0.209 e. The van der Waals surface area contributed by atoms with Crippen molar-refractivity contribution in [2.24, 2.45) is 0 Å². The average Bonchev–Trinajstić information content (AvgIpc) is 3.18. The zero-order chi connectivity index (χ0) is 14.5. The van der Waals surface area contributed by atoms with Crippen LogP contribution in [-0.4, -0.2) is 31.1 Å². The molecule has 0 saturated heterocycles. The van der Waals surface area contributed by atoms with Crippen LogP contribution in [0.25, 0.3) is 0 Å². The van der Waals surface area contributed by atoms with E-state index in [1.165, 1.54) is 16.6 Å². The van der Waals surface area contributed by atoms with Crippen LogP contribution in [-0.2, 0) is 6.54 Å². The normalized spacial score (nSPS) is 12.4. The van der Waals surface area contributed by atoms with Crippen LogP contribution in [0.2, 0.25) is 0 Å². The van der Waals surface area contributed by atoms with Crippen LogP contribution < -0.4 is 0 Å². The molecule has 0 amide bonds. The summed E-state index contributed by atoms with van der Waals surface area (Å²) < 4.78 is 1.76. The van der Waals surface area contributed by atoms with Gasteiger partial charge in [0.15, 0.2) is 0 Å². The maximum atomic E-state index is 10.2. The van der Waals surface area contributed by atoms with Gasteiger partial charge in [0.1, 0.15) is 0 Å². The van der Waals surface area contributed by atoms with Gasteiger partial charge in [-0.1, -0.05) is 48.2 Å². The van der Waals surface area contributed by atoms with E-state index in [2.05, 4.69) is 21.6 Å². The Morgan fingerprint density at radius 2 is 2.05 bits per heavy atom. The summed E-state index contributed by atoms with van der Waals surface area (Å²) in [5, 5.41) is 24.7. The average molecular weight is 318 g/mol. The number of thioether (sulfide) groups is 1. The largest absolute Gasteiger partial charge is 0.388 e. The summed E-state index contributed by atoms with van der Waals surface area (Å²) in [6.07, 6.45) is -0.525. The number of hydrogen-bond donors (Lipinski definition) is 1. The Balaban J connectivity index is 1.62. The van der Waals surface area contributed by atoms with E-state index in [0.717, 1.165) is 10.7 Å². The van der Waals surface area contributed by atoms with E-state index in [4.69, 9.17) is 0 Å². The first-order valence-electron chi connectivity index (χ1n) is 6.47. The van der Waals surface area contributed by atoms with E-state index in [1.54, 1.807) is 16.0 Å². The molecule has 1 unspecified atom stereocenters. The molecule has 0 spiro atoms. The second kappa shape index (κ2) is 6.84. The lowest BCUT2D eigenvalue weighted by molar-refractivity contribution is 0.204. The maximum Gasteiger partial charge on any atom is 0.209 e. The number of aliphatic hydroxyl groups excluding tert-OH is 1. The first-order chi connectivity index (χ1) is 10.3. The van der Waals surface area contributed by atoms with Gasteiger partial charge in [0.05, 0.1) is 12.6 Å². The lowest BCUT2D eigenvalue weighted by Crippen LogP contribution is -2.05. The molecule has 3 rings (SSSR count). The molecule has 1 atom stereocenters. The number of aliphatic hydroxyl groups is 1. The quantitative estimate of drug-likeness (QED) is 0.708. The number of tetrazole rings is 1. The van der Waals surface area contributed by atoms with Gasteiger partial charge in [0.2, 0.25) is 5.16 Å². The summed E-state index contributed by atoms with van der Waals surface area (Å²) in [7, 11) is 0. The topological polar surface area (TPSA) is 63.8 Å². The number of hydrogen-bond acceptors (Lipinski definition) is 6. The lowest BCUT2D eigenvalue weighted by Gasteiger charge is -2.10. The molecule has 21 heavy (non-hydrogen) atoms. The zero-order valence-electron chi connectivity index (χ0n) is 11.2. The van der Waals surface area contributed by atoms with Gasteiger partial charge >= 0.3 is 0 Å². The summed E-state index contributed by atoms with van der Waals surface area (Å²) in [5.41, 5.74) is 0.905. The molecule has 7 heteroatoms. The third-order valence-electron chi connectivity index (χ3n) is 2.94. The van der Waals surface area contributed by atoms with E-state index in [0.29, 0.717) is 12.3 Å². The molecule has 1 N–H and O–H groups in total. The highest BCUT2D eigenvalue weighted by molar-refractivity contribution is 7.99. The highest BCUT2D eigenvalue weighted by atomic mass is 32.2. The van der Waals surface area contributed by atoms with Crippen molar-refractivity contribution in [3.8, 4) is 0 Å². The van der Waals surface area contributed by atoms with Gasteiger partial charge in [-0.2, -0.15) is 0 Å². The molecule has 0 fully saturated rings. The fraction of sp³-hybridized carbons (Fsp3) is 0.214.